The van der Waals surface area contributed by atoms with Gasteiger partial charge in [0.25, 0.3) is 5.91 Å². The second kappa shape index (κ2) is 8.31. The van der Waals surface area contributed by atoms with Gasteiger partial charge in [-0.3, -0.25) is 4.79 Å². The van der Waals surface area contributed by atoms with Crippen LogP contribution in [-0.4, -0.2) is 30.3 Å². The number of benzene rings is 2. The summed E-state index contributed by atoms with van der Waals surface area (Å²) >= 11 is 0. The molecule has 0 aliphatic rings. The highest BCUT2D eigenvalue weighted by Crippen LogP contribution is 2.29. The predicted octanol–water partition coefficient (Wildman–Crippen LogP) is 4.29. The van der Waals surface area contributed by atoms with Gasteiger partial charge in [-0.15, -0.1) is 5.10 Å². The first-order valence-electron chi connectivity index (χ1n) is 10.2. The Hall–Kier alpha value is -4.52. The molecular formula is C25H20N6O. The van der Waals surface area contributed by atoms with E-state index in [0.717, 1.165) is 28.2 Å². The van der Waals surface area contributed by atoms with Crippen LogP contribution in [-0.2, 0) is 0 Å². The Morgan fingerprint density at radius 2 is 1.69 bits per heavy atom. The minimum absolute atomic E-state index is 0.166. The van der Waals surface area contributed by atoms with Gasteiger partial charge in [-0.2, -0.15) is 5.10 Å². The average molecular weight is 420 g/mol. The number of rotatable bonds is 5. The minimum atomic E-state index is -0.166. The fraction of sp³-hybridized carbons (Fsp3) is 0.0400. The van der Waals surface area contributed by atoms with Gasteiger partial charge in [-0.05, 0) is 37.3 Å². The molecule has 5 aromatic rings. The van der Waals surface area contributed by atoms with E-state index in [1.165, 1.54) is 0 Å². The van der Waals surface area contributed by atoms with Crippen LogP contribution < -0.4 is 5.32 Å². The average Bonchev–Trinajstić information content (AvgIpc) is 3.44. The van der Waals surface area contributed by atoms with Gasteiger partial charge < -0.3 is 5.32 Å². The molecule has 3 heterocycles. The van der Waals surface area contributed by atoms with Crippen LogP contribution in [0.15, 0.2) is 91.4 Å². The van der Waals surface area contributed by atoms with Crippen molar-refractivity contribution >= 4 is 17.6 Å². The first kappa shape index (κ1) is 19.4. The van der Waals surface area contributed by atoms with Crippen molar-refractivity contribution in [1.29, 1.82) is 0 Å². The molecule has 0 radical (unpaired) electrons. The molecule has 3 aromatic heterocycles. The molecule has 5 rings (SSSR count). The quantitative estimate of drug-likeness (QED) is 0.460. The highest BCUT2D eigenvalue weighted by molar-refractivity contribution is 5.95. The van der Waals surface area contributed by atoms with E-state index in [2.05, 4.69) is 15.4 Å². The van der Waals surface area contributed by atoms with E-state index in [1.54, 1.807) is 35.2 Å². The van der Waals surface area contributed by atoms with Crippen molar-refractivity contribution < 1.29 is 4.79 Å². The molecule has 0 saturated carbocycles. The molecule has 0 aliphatic carbocycles. The predicted molar refractivity (Wildman–Crippen MR) is 123 cm³/mol. The van der Waals surface area contributed by atoms with Gasteiger partial charge in [0, 0.05) is 35.3 Å². The van der Waals surface area contributed by atoms with E-state index in [9.17, 15) is 4.79 Å². The smallest absolute Gasteiger partial charge is 0.255 e. The lowest BCUT2D eigenvalue weighted by molar-refractivity contribution is 0.0970. The molecule has 0 bridgehead atoms. The van der Waals surface area contributed by atoms with Crippen LogP contribution in [0.3, 0.4) is 0 Å². The van der Waals surface area contributed by atoms with Crippen molar-refractivity contribution in [2.45, 2.75) is 6.92 Å². The van der Waals surface area contributed by atoms with Crippen LogP contribution in [0.25, 0.3) is 28.8 Å². The van der Waals surface area contributed by atoms with Gasteiger partial charge in [0.1, 0.15) is 0 Å². The fourth-order valence-corrected chi connectivity index (χ4v) is 3.57. The summed E-state index contributed by atoms with van der Waals surface area (Å²) in [7, 11) is 0. The molecule has 0 saturated heterocycles. The van der Waals surface area contributed by atoms with Gasteiger partial charge in [0.2, 0.25) is 0 Å². The Labute approximate surface area is 184 Å². The van der Waals surface area contributed by atoms with Crippen molar-refractivity contribution in [1.82, 2.24) is 29.7 Å². The summed E-state index contributed by atoms with van der Waals surface area (Å²) < 4.78 is 3.54. The lowest BCUT2D eigenvalue weighted by Crippen LogP contribution is -2.16. The van der Waals surface area contributed by atoms with Crippen molar-refractivity contribution in [3.63, 3.8) is 0 Å². The van der Waals surface area contributed by atoms with Crippen LogP contribution in [0.4, 0.5) is 0 Å². The second-order valence-electron chi connectivity index (χ2n) is 7.22. The first-order valence-corrected chi connectivity index (χ1v) is 10.2. The SMILES string of the molecule is Cc1nn(-c2ccc3nccn3n2)c(-c2ccccc2)c1/C=C/NC(=O)c1ccccc1. The van der Waals surface area contributed by atoms with Crippen LogP contribution in [0, 0.1) is 6.92 Å². The molecule has 1 N–H and O–H groups in total. The Bertz CT molecular complexity index is 1420. The molecule has 2 aromatic carbocycles. The van der Waals surface area contributed by atoms with Crippen molar-refractivity contribution in [2.24, 2.45) is 0 Å². The van der Waals surface area contributed by atoms with Gasteiger partial charge in [0.05, 0.1) is 11.4 Å². The zero-order valence-corrected chi connectivity index (χ0v) is 17.4. The van der Waals surface area contributed by atoms with E-state index in [4.69, 9.17) is 5.10 Å². The number of hydrogen-bond donors (Lipinski definition) is 1. The second-order valence-corrected chi connectivity index (χ2v) is 7.22. The molecule has 32 heavy (non-hydrogen) atoms. The summed E-state index contributed by atoms with van der Waals surface area (Å²) in [5.74, 6) is 0.505. The molecule has 0 spiro atoms. The van der Waals surface area contributed by atoms with E-state index in [-0.39, 0.29) is 5.91 Å². The van der Waals surface area contributed by atoms with E-state index >= 15 is 0 Å². The number of nitrogens with zero attached hydrogens (tertiary/aromatic N) is 5. The number of carbonyl (C=O) groups excluding carboxylic acids is 1. The summed E-state index contributed by atoms with van der Waals surface area (Å²) in [6, 6.07) is 22.9. The number of nitrogens with one attached hydrogen (secondary N) is 1. The highest BCUT2D eigenvalue weighted by Gasteiger charge is 2.18. The molecule has 156 valence electrons. The molecule has 0 fully saturated rings. The van der Waals surface area contributed by atoms with Crippen molar-refractivity contribution in [2.75, 3.05) is 0 Å². The van der Waals surface area contributed by atoms with Gasteiger partial charge in [0.15, 0.2) is 11.5 Å². The Kier molecular flexibility index (Phi) is 5.05. The molecule has 0 unspecified atom stereocenters. The lowest BCUT2D eigenvalue weighted by atomic mass is 10.1. The topological polar surface area (TPSA) is 77.1 Å². The maximum Gasteiger partial charge on any atom is 0.255 e. The van der Waals surface area contributed by atoms with Crippen LogP contribution in [0.1, 0.15) is 21.6 Å². The highest BCUT2D eigenvalue weighted by atomic mass is 16.1. The maximum absolute atomic E-state index is 12.4. The molecule has 7 nitrogen and oxygen atoms in total. The molecular weight excluding hydrogens is 400 g/mol. The van der Waals surface area contributed by atoms with Crippen LogP contribution in [0.5, 0.6) is 0 Å². The Morgan fingerprint density at radius 1 is 0.938 bits per heavy atom. The number of imidazole rings is 1. The van der Waals surface area contributed by atoms with Crippen molar-refractivity contribution in [3.8, 4) is 17.1 Å². The van der Waals surface area contributed by atoms with E-state index < -0.39 is 0 Å². The zero-order chi connectivity index (χ0) is 21.9. The zero-order valence-electron chi connectivity index (χ0n) is 17.4. The monoisotopic (exact) mass is 420 g/mol. The number of carbonyl (C=O) groups is 1. The fourth-order valence-electron chi connectivity index (χ4n) is 3.57. The molecule has 7 heteroatoms. The Morgan fingerprint density at radius 3 is 2.47 bits per heavy atom. The van der Waals surface area contributed by atoms with E-state index in [0.29, 0.717) is 11.4 Å². The van der Waals surface area contributed by atoms with Crippen LogP contribution >= 0.6 is 0 Å². The Balaban J connectivity index is 1.56. The normalized spacial score (nSPS) is 11.3. The summed E-state index contributed by atoms with van der Waals surface area (Å²) in [4.78, 5) is 16.7. The van der Waals surface area contributed by atoms with E-state index in [1.807, 2.05) is 78.3 Å². The lowest BCUT2D eigenvalue weighted by Gasteiger charge is -2.08. The summed E-state index contributed by atoms with van der Waals surface area (Å²) in [6.45, 7) is 1.94. The van der Waals surface area contributed by atoms with Crippen LogP contribution in [0.2, 0.25) is 0 Å². The third-order valence-corrected chi connectivity index (χ3v) is 5.11. The number of fused-ring (bicyclic) bond motifs is 1. The van der Waals surface area contributed by atoms with Gasteiger partial charge in [-0.1, -0.05) is 48.5 Å². The summed E-state index contributed by atoms with van der Waals surface area (Å²) in [5, 5.41) is 12.3. The summed E-state index contributed by atoms with van der Waals surface area (Å²) in [5.41, 5.74) is 4.97. The number of amides is 1. The third-order valence-electron chi connectivity index (χ3n) is 5.11. The first-order chi connectivity index (χ1) is 15.7. The van der Waals surface area contributed by atoms with Gasteiger partial charge in [-0.25, -0.2) is 14.2 Å². The third kappa shape index (κ3) is 3.67. The number of aryl methyl sites for hydroxylation is 1. The largest absolute Gasteiger partial charge is 0.329 e. The maximum atomic E-state index is 12.4. The molecule has 0 aliphatic heterocycles. The van der Waals surface area contributed by atoms with Crippen molar-refractivity contribution in [3.05, 3.63) is 108 Å². The number of aromatic nitrogens is 5. The minimum Gasteiger partial charge on any atom is -0.329 e. The molecule has 1 amide bonds. The number of hydrogen-bond acceptors (Lipinski definition) is 4. The standard InChI is InChI=1S/C25H20N6O/c1-18-21(14-15-27-25(32)20-10-6-3-7-11-20)24(19-8-4-2-5-9-19)31(28-18)23-13-12-22-26-16-17-30(22)29-23/h2-17H,1H3,(H,27,32)/b15-14+. The molecule has 0 atom stereocenters. The van der Waals surface area contributed by atoms with Gasteiger partial charge >= 0.3 is 0 Å². The summed E-state index contributed by atoms with van der Waals surface area (Å²) in [6.07, 6.45) is 7.04.